The Hall–Kier alpha value is -2.20. The third kappa shape index (κ3) is 4.27. The summed E-state index contributed by atoms with van der Waals surface area (Å²) in [7, 11) is 0. The number of thioether (sulfide) groups is 1. The van der Waals surface area contributed by atoms with Gasteiger partial charge in [0.25, 0.3) is 5.89 Å². The highest BCUT2D eigenvalue weighted by molar-refractivity contribution is 7.98. The normalized spacial score (nSPS) is 15.2. The molecule has 10 heteroatoms. The Bertz CT molecular complexity index is 921. The zero-order chi connectivity index (χ0) is 19.3. The number of thiophene rings is 1. The highest BCUT2D eigenvalue weighted by atomic mass is 32.2. The van der Waals surface area contributed by atoms with Crippen molar-refractivity contribution >= 4 is 29.0 Å². The number of rotatable bonds is 7. The summed E-state index contributed by atoms with van der Waals surface area (Å²) in [4.78, 5) is 18.6. The SMILES string of the molecule is CCn1c(CN2CCCCCC2=O)nnc1SCc1noc(-c2ccsc2)n1. The van der Waals surface area contributed by atoms with Crippen LogP contribution in [0.4, 0.5) is 0 Å². The summed E-state index contributed by atoms with van der Waals surface area (Å²) in [6.07, 6.45) is 3.78. The molecule has 1 amide bonds. The number of amides is 1. The van der Waals surface area contributed by atoms with Crippen LogP contribution in [-0.4, -0.2) is 42.3 Å². The quantitative estimate of drug-likeness (QED) is 0.541. The van der Waals surface area contributed by atoms with Crippen LogP contribution in [0.25, 0.3) is 11.5 Å². The summed E-state index contributed by atoms with van der Waals surface area (Å²) in [6, 6.07) is 1.96. The Morgan fingerprint density at radius 1 is 1.29 bits per heavy atom. The van der Waals surface area contributed by atoms with Gasteiger partial charge in [-0.1, -0.05) is 23.3 Å². The molecule has 0 spiro atoms. The monoisotopic (exact) mass is 418 g/mol. The van der Waals surface area contributed by atoms with Crippen LogP contribution >= 0.6 is 23.1 Å². The molecule has 148 valence electrons. The van der Waals surface area contributed by atoms with E-state index >= 15 is 0 Å². The van der Waals surface area contributed by atoms with Crippen LogP contribution in [-0.2, 0) is 23.6 Å². The number of aromatic nitrogens is 5. The van der Waals surface area contributed by atoms with Gasteiger partial charge < -0.3 is 14.0 Å². The lowest BCUT2D eigenvalue weighted by Crippen LogP contribution is -2.31. The van der Waals surface area contributed by atoms with Crippen LogP contribution < -0.4 is 0 Å². The maximum Gasteiger partial charge on any atom is 0.258 e. The molecule has 0 atom stereocenters. The molecule has 0 unspecified atom stereocenters. The summed E-state index contributed by atoms with van der Waals surface area (Å²) < 4.78 is 7.39. The molecular formula is C18H22N6O2S2. The zero-order valence-electron chi connectivity index (χ0n) is 15.7. The first-order valence-corrected chi connectivity index (χ1v) is 11.3. The van der Waals surface area contributed by atoms with Crippen LogP contribution in [0.15, 0.2) is 26.5 Å². The summed E-state index contributed by atoms with van der Waals surface area (Å²) in [6.45, 7) is 4.13. The van der Waals surface area contributed by atoms with Crippen molar-refractivity contribution in [3.05, 3.63) is 28.5 Å². The minimum Gasteiger partial charge on any atom is -0.335 e. The number of carbonyl (C=O) groups is 1. The molecule has 1 aliphatic rings. The highest BCUT2D eigenvalue weighted by Crippen LogP contribution is 2.25. The maximum absolute atomic E-state index is 12.3. The molecule has 28 heavy (non-hydrogen) atoms. The second-order valence-corrected chi connectivity index (χ2v) is 8.31. The molecule has 8 nitrogen and oxygen atoms in total. The van der Waals surface area contributed by atoms with Crippen molar-refractivity contribution < 1.29 is 9.32 Å². The smallest absolute Gasteiger partial charge is 0.258 e. The molecule has 0 bridgehead atoms. The first-order chi connectivity index (χ1) is 13.7. The predicted molar refractivity (Wildman–Crippen MR) is 107 cm³/mol. The number of likely N-dealkylation sites (tertiary alicyclic amines) is 1. The van der Waals surface area contributed by atoms with Crippen molar-refractivity contribution in [1.82, 2.24) is 29.8 Å². The van der Waals surface area contributed by atoms with E-state index in [0.717, 1.165) is 48.9 Å². The minimum absolute atomic E-state index is 0.213. The van der Waals surface area contributed by atoms with E-state index in [1.54, 1.807) is 11.3 Å². The number of hydrogen-bond acceptors (Lipinski definition) is 8. The third-order valence-electron chi connectivity index (χ3n) is 4.68. The Kier molecular flexibility index (Phi) is 6.06. The molecule has 0 saturated carbocycles. The Balaban J connectivity index is 1.42. The van der Waals surface area contributed by atoms with Gasteiger partial charge in [-0.15, -0.1) is 10.2 Å². The van der Waals surface area contributed by atoms with E-state index in [0.29, 0.717) is 30.4 Å². The standard InChI is InChI=1S/C18H22N6O2S2/c1-2-24-15(10-23-8-5-3-4-6-16(23)25)20-21-18(24)28-12-14-19-17(26-22-14)13-7-9-27-11-13/h7,9,11H,2-6,8,10,12H2,1H3. The molecular weight excluding hydrogens is 396 g/mol. The predicted octanol–water partition coefficient (Wildman–Crippen LogP) is 3.60. The molecule has 1 fully saturated rings. The van der Waals surface area contributed by atoms with Crippen molar-refractivity contribution in [1.29, 1.82) is 0 Å². The van der Waals surface area contributed by atoms with Crippen molar-refractivity contribution in [2.75, 3.05) is 6.54 Å². The summed E-state index contributed by atoms with van der Waals surface area (Å²) in [5, 5.41) is 17.5. The number of hydrogen-bond donors (Lipinski definition) is 0. The van der Waals surface area contributed by atoms with Gasteiger partial charge in [-0.3, -0.25) is 4.79 Å². The van der Waals surface area contributed by atoms with Gasteiger partial charge in [0.05, 0.1) is 17.9 Å². The third-order valence-corrected chi connectivity index (χ3v) is 6.33. The van der Waals surface area contributed by atoms with E-state index in [9.17, 15) is 4.79 Å². The molecule has 0 N–H and O–H groups in total. The molecule has 0 aliphatic carbocycles. The summed E-state index contributed by atoms with van der Waals surface area (Å²) in [5.74, 6) is 2.75. The zero-order valence-corrected chi connectivity index (χ0v) is 17.3. The van der Waals surface area contributed by atoms with Crippen molar-refractivity contribution in [2.24, 2.45) is 0 Å². The maximum atomic E-state index is 12.3. The van der Waals surface area contributed by atoms with Gasteiger partial charge in [-0.25, -0.2) is 0 Å². The van der Waals surface area contributed by atoms with E-state index in [-0.39, 0.29) is 5.91 Å². The molecule has 4 rings (SSSR count). The second kappa shape index (κ2) is 8.87. The first-order valence-electron chi connectivity index (χ1n) is 9.42. The second-order valence-electron chi connectivity index (χ2n) is 6.59. The van der Waals surface area contributed by atoms with Crippen LogP contribution in [0, 0.1) is 0 Å². The topological polar surface area (TPSA) is 89.9 Å². The number of carbonyl (C=O) groups excluding carboxylic acids is 1. The lowest BCUT2D eigenvalue weighted by molar-refractivity contribution is -0.131. The van der Waals surface area contributed by atoms with Gasteiger partial charge in [-0.05, 0) is 31.2 Å². The van der Waals surface area contributed by atoms with Crippen LogP contribution in [0.1, 0.15) is 44.3 Å². The highest BCUT2D eigenvalue weighted by Gasteiger charge is 2.21. The fourth-order valence-electron chi connectivity index (χ4n) is 3.18. The van der Waals surface area contributed by atoms with Crippen LogP contribution in [0.2, 0.25) is 0 Å². The van der Waals surface area contributed by atoms with Gasteiger partial charge in [0, 0.05) is 24.9 Å². The first kappa shape index (κ1) is 19.1. The van der Waals surface area contributed by atoms with Crippen LogP contribution in [0.5, 0.6) is 0 Å². The van der Waals surface area contributed by atoms with Gasteiger partial charge in [0.2, 0.25) is 5.91 Å². The molecule has 3 aromatic rings. The van der Waals surface area contributed by atoms with Gasteiger partial charge in [0.15, 0.2) is 16.8 Å². The van der Waals surface area contributed by atoms with Gasteiger partial charge >= 0.3 is 0 Å². The average Bonchev–Trinajstić information content (AvgIpc) is 3.42. The Labute approximate surface area is 171 Å². The summed E-state index contributed by atoms with van der Waals surface area (Å²) >= 11 is 3.12. The largest absolute Gasteiger partial charge is 0.335 e. The van der Waals surface area contributed by atoms with E-state index < -0.39 is 0 Å². The average molecular weight is 419 g/mol. The fourth-order valence-corrected chi connectivity index (χ4v) is 4.68. The molecule has 1 saturated heterocycles. The molecule has 4 heterocycles. The fraction of sp³-hybridized carbons (Fsp3) is 0.500. The van der Waals surface area contributed by atoms with Crippen molar-refractivity contribution in [2.45, 2.75) is 56.6 Å². The lowest BCUT2D eigenvalue weighted by atomic mass is 10.2. The van der Waals surface area contributed by atoms with Crippen LogP contribution in [0.3, 0.4) is 0 Å². The lowest BCUT2D eigenvalue weighted by Gasteiger charge is -2.20. The van der Waals surface area contributed by atoms with E-state index in [2.05, 4.69) is 31.8 Å². The van der Waals surface area contributed by atoms with Gasteiger partial charge in [-0.2, -0.15) is 16.3 Å². The molecule has 0 aromatic carbocycles. The minimum atomic E-state index is 0.213. The van der Waals surface area contributed by atoms with Crippen molar-refractivity contribution in [3.8, 4) is 11.5 Å². The molecule has 3 aromatic heterocycles. The summed E-state index contributed by atoms with van der Waals surface area (Å²) in [5.41, 5.74) is 0.940. The van der Waals surface area contributed by atoms with Gasteiger partial charge in [0.1, 0.15) is 0 Å². The van der Waals surface area contributed by atoms with E-state index in [4.69, 9.17) is 4.52 Å². The van der Waals surface area contributed by atoms with E-state index in [1.807, 2.05) is 21.7 Å². The Morgan fingerprint density at radius 3 is 3.04 bits per heavy atom. The molecule has 0 radical (unpaired) electrons. The van der Waals surface area contributed by atoms with E-state index in [1.165, 1.54) is 11.8 Å². The molecule has 1 aliphatic heterocycles. The van der Waals surface area contributed by atoms with Crippen molar-refractivity contribution in [3.63, 3.8) is 0 Å². The number of nitrogens with zero attached hydrogens (tertiary/aromatic N) is 6. The Morgan fingerprint density at radius 2 is 2.21 bits per heavy atom.